The summed E-state index contributed by atoms with van der Waals surface area (Å²) >= 11 is 0. The third-order valence-corrected chi connectivity index (χ3v) is 2.94. The average molecular weight is 192 g/mol. The van der Waals surface area contributed by atoms with Crippen LogP contribution in [0.1, 0.15) is 25.5 Å². The number of nitrogens with zero attached hydrogens (tertiary/aromatic N) is 2. The van der Waals surface area contributed by atoms with Crippen molar-refractivity contribution in [3.63, 3.8) is 0 Å². The largest absolute Gasteiger partial charge is 0.379 e. The van der Waals surface area contributed by atoms with Crippen molar-refractivity contribution in [3.8, 4) is 0 Å². The number of aromatic nitrogens is 2. The first-order valence-corrected chi connectivity index (χ1v) is 5.00. The minimum Gasteiger partial charge on any atom is -0.379 e. The second kappa shape index (κ2) is 3.24. The van der Waals surface area contributed by atoms with Gasteiger partial charge in [0.1, 0.15) is 5.60 Å². The first-order valence-electron chi connectivity index (χ1n) is 5.00. The Bertz CT molecular complexity index is 356. The molecule has 2 atom stereocenters. The predicted molar refractivity (Wildman–Crippen MR) is 54.6 cm³/mol. The molecule has 0 radical (unpaired) electrons. The maximum atomic E-state index is 10.4. The van der Waals surface area contributed by atoms with Gasteiger partial charge in [-0.05, 0) is 18.8 Å². The van der Waals surface area contributed by atoms with Gasteiger partial charge in [-0.15, -0.1) is 0 Å². The van der Waals surface area contributed by atoms with E-state index in [2.05, 4.69) is 18.0 Å². The molecular formula is C11H16N2O. The zero-order valence-corrected chi connectivity index (χ0v) is 8.64. The van der Waals surface area contributed by atoms with Crippen LogP contribution >= 0.6 is 0 Å². The summed E-state index contributed by atoms with van der Waals surface area (Å²) in [4.78, 5) is 4.03. The van der Waals surface area contributed by atoms with Crippen LogP contribution in [0.4, 0.5) is 0 Å². The zero-order chi connectivity index (χ0) is 10.2. The van der Waals surface area contributed by atoms with Crippen LogP contribution in [-0.2, 0) is 12.6 Å². The molecule has 1 aliphatic carbocycles. The Labute approximate surface area is 84.1 Å². The van der Waals surface area contributed by atoms with Gasteiger partial charge >= 0.3 is 0 Å². The van der Waals surface area contributed by atoms with Crippen LogP contribution in [0.25, 0.3) is 0 Å². The van der Waals surface area contributed by atoms with Gasteiger partial charge in [-0.1, -0.05) is 19.1 Å². The van der Waals surface area contributed by atoms with E-state index in [4.69, 9.17) is 0 Å². The lowest BCUT2D eigenvalue weighted by Gasteiger charge is -2.29. The van der Waals surface area contributed by atoms with Crippen LogP contribution in [-0.4, -0.2) is 14.7 Å². The molecule has 1 aliphatic rings. The van der Waals surface area contributed by atoms with Gasteiger partial charge < -0.3 is 9.67 Å². The summed E-state index contributed by atoms with van der Waals surface area (Å²) in [5.74, 6) is 0.573. The molecule has 0 amide bonds. The van der Waals surface area contributed by atoms with Gasteiger partial charge in [0.25, 0.3) is 0 Å². The average Bonchev–Trinajstić information content (AvgIpc) is 2.58. The maximum Gasteiger partial charge on any atom is 0.124 e. The first-order chi connectivity index (χ1) is 6.62. The Balaban J connectivity index is 2.34. The van der Waals surface area contributed by atoms with Crippen molar-refractivity contribution in [3.05, 3.63) is 30.4 Å². The molecular weight excluding hydrogens is 176 g/mol. The topological polar surface area (TPSA) is 38.1 Å². The van der Waals surface area contributed by atoms with Crippen molar-refractivity contribution < 1.29 is 5.11 Å². The SMILES string of the molecule is CC1C=CC(O)(c2cncn2C)CC1. The van der Waals surface area contributed by atoms with Crippen molar-refractivity contribution in [2.75, 3.05) is 0 Å². The molecule has 14 heavy (non-hydrogen) atoms. The van der Waals surface area contributed by atoms with Crippen molar-refractivity contribution >= 4 is 0 Å². The zero-order valence-electron chi connectivity index (χ0n) is 8.64. The molecule has 0 spiro atoms. The van der Waals surface area contributed by atoms with Crippen LogP contribution in [0.15, 0.2) is 24.7 Å². The summed E-state index contributed by atoms with van der Waals surface area (Å²) in [5.41, 5.74) is 0.0678. The van der Waals surface area contributed by atoms with Gasteiger partial charge in [0.05, 0.1) is 18.2 Å². The summed E-state index contributed by atoms with van der Waals surface area (Å²) < 4.78 is 1.88. The normalized spacial score (nSPS) is 32.1. The van der Waals surface area contributed by atoms with Crippen molar-refractivity contribution in [2.45, 2.75) is 25.4 Å². The van der Waals surface area contributed by atoms with Crippen LogP contribution < -0.4 is 0 Å². The number of aliphatic hydroxyl groups is 1. The van der Waals surface area contributed by atoms with Crippen LogP contribution in [0.5, 0.6) is 0 Å². The van der Waals surface area contributed by atoms with Gasteiger partial charge in [-0.3, -0.25) is 0 Å². The predicted octanol–water partition coefficient (Wildman–Crippen LogP) is 1.59. The van der Waals surface area contributed by atoms with Gasteiger partial charge in [-0.2, -0.15) is 0 Å². The lowest BCUT2D eigenvalue weighted by atomic mass is 9.84. The smallest absolute Gasteiger partial charge is 0.124 e. The minimum atomic E-state index is -0.808. The molecule has 0 aromatic carbocycles. The van der Waals surface area contributed by atoms with E-state index < -0.39 is 5.60 Å². The number of hydrogen-bond donors (Lipinski definition) is 1. The second-order valence-corrected chi connectivity index (χ2v) is 4.19. The van der Waals surface area contributed by atoms with Crippen molar-refractivity contribution in [2.24, 2.45) is 13.0 Å². The van der Waals surface area contributed by atoms with E-state index in [9.17, 15) is 5.11 Å². The van der Waals surface area contributed by atoms with E-state index in [1.807, 2.05) is 17.7 Å². The Morgan fingerprint density at radius 3 is 2.93 bits per heavy atom. The number of imidazole rings is 1. The minimum absolute atomic E-state index is 0.573. The molecule has 2 rings (SSSR count). The molecule has 1 aromatic heterocycles. The monoisotopic (exact) mass is 192 g/mol. The fraction of sp³-hybridized carbons (Fsp3) is 0.545. The van der Waals surface area contributed by atoms with E-state index in [1.54, 1.807) is 12.5 Å². The quantitative estimate of drug-likeness (QED) is 0.686. The molecule has 3 heteroatoms. The van der Waals surface area contributed by atoms with E-state index in [0.717, 1.165) is 18.5 Å². The van der Waals surface area contributed by atoms with Gasteiger partial charge in [0, 0.05) is 7.05 Å². The Hall–Kier alpha value is -1.09. The van der Waals surface area contributed by atoms with E-state index in [-0.39, 0.29) is 0 Å². The molecule has 76 valence electrons. The van der Waals surface area contributed by atoms with E-state index in [1.165, 1.54) is 0 Å². The van der Waals surface area contributed by atoms with Crippen molar-refractivity contribution in [1.29, 1.82) is 0 Å². The highest BCUT2D eigenvalue weighted by Crippen LogP contribution is 2.33. The Morgan fingerprint density at radius 1 is 1.64 bits per heavy atom. The van der Waals surface area contributed by atoms with Crippen LogP contribution in [0, 0.1) is 5.92 Å². The highest BCUT2D eigenvalue weighted by Gasteiger charge is 2.31. The number of allylic oxidation sites excluding steroid dienone is 1. The lowest BCUT2D eigenvalue weighted by Crippen LogP contribution is -2.28. The summed E-state index contributed by atoms with van der Waals surface area (Å²) in [7, 11) is 1.91. The fourth-order valence-corrected chi connectivity index (χ4v) is 1.94. The Morgan fingerprint density at radius 2 is 2.43 bits per heavy atom. The van der Waals surface area contributed by atoms with E-state index in [0.29, 0.717) is 5.92 Å². The molecule has 0 bridgehead atoms. The second-order valence-electron chi connectivity index (χ2n) is 4.19. The van der Waals surface area contributed by atoms with Crippen LogP contribution in [0.3, 0.4) is 0 Å². The number of rotatable bonds is 1. The first kappa shape index (κ1) is 9.46. The molecule has 1 N–H and O–H groups in total. The molecule has 0 fully saturated rings. The van der Waals surface area contributed by atoms with Gasteiger partial charge in [0.15, 0.2) is 0 Å². The fourth-order valence-electron chi connectivity index (χ4n) is 1.94. The molecule has 1 heterocycles. The maximum absolute atomic E-state index is 10.4. The van der Waals surface area contributed by atoms with Crippen LogP contribution in [0.2, 0.25) is 0 Å². The molecule has 3 nitrogen and oxygen atoms in total. The highest BCUT2D eigenvalue weighted by atomic mass is 16.3. The molecule has 0 saturated heterocycles. The number of aryl methyl sites for hydroxylation is 1. The summed E-state index contributed by atoms with van der Waals surface area (Å²) in [6.07, 6.45) is 9.25. The highest BCUT2D eigenvalue weighted by molar-refractivity contribution is 5.21. The summed E-state index contributed by atoms with van der Waals surface area (Å²) in [6, 6.07) is 0. The van der Waals surface area contributed by atoms with Gasteiger partial charge in [0.2, 0.25) is 0 Å². The molecule has 1 aromatic rings. The Kier molecular flexibility index (Phi) is 2.19. The van der Waals surface area contributed by atoms with E-state index >= 15 is 0 Å². The third kappa shape index (κ3) is 1.48. The molecule has 0 saturated carbocycles. The summed E-state index contributed by atoms with van der Waals surface area (Å²) in [6.45, 7) is 2.17. The van der Waals surface area contributed by atoms with Crippen molar-refractivity contribution in [1.82, 2.24) is 9.55 Å². The van der Waals surface area contributed by atoms with Gasteiger partial charge in [-0.25, -0.2) is 4.98 Å². The number of hydrogen-bond acceptors (Lipinski definition) is 2. The summed E-state index contributed by atoms with van der Waals surface area (Å²) in [5, 5.41) is 10.4. The lowest BCUT2D eigenvalue weighted by molar-refractivity contribution is 0.0600. The standard InChI is InChI=1S/C11H16N2O/c1-9-3-5-11(14,6-4-9)10-7-12-8-13(10)2/h3,5,7-9,14H,4,6H2,1-2H3. The molecule has 2 unspecified atom stereocenters. The third-order valence-electron chi connectivity index (χ3n) is 2.94. The molecule has 0 aliphatic heterocycles.